The van der Waals surface area contributed by atoms with Crippen LogP contribution in [0.2, 0.25) is 0 Å². The highest BCUT2D eigenvalue weighted by Gasteiger charge is 2.49. The van der Waals surface area contributed by atoms with Crippen molar-refractivity contribution in [3.63, 3.8) is 0 Å². The van der Waals surface area contributed by atoms with Crippen LogP contribution in [0.5, 0.6) is 0 Å². The molecule has 2 aliphatic heterocycles. The highest BCUT2D eigenvalue weighted by atomic mass is 32.2. The van der Waals surface area contributed by atoms with E-state index in [9.17, 15) is 5.11 Å². The summed E-state index contributed by atoms with van der Waals surface area (Å²) >= 11 is 1.56. The van der Waals surface area contributed by atoms with Gasteiger partial charge in [-0.25, -0.2) is 15.0 Å². The molecule has 2 bridgehead atoms. The van der Waals surface area contributed by atoms with Crippen LogP contribution in [-0.4, -0.2) is 47.9 Å². The fourth-order valence-electron chi connectivity index (χ4n) is 4.31. The van der Waals surface area contributed by atoms with Crippen LogP contribution < -0.4 is 0 Å². The van der Waals surface area contributed by atoms with Crippen molar-refractivity contribution in [1.29, 1.82) is 0 Å². The van der Waals surface area contributed by atoms with E-state index in [0.717, 1.165) is 48.8 Å². The quantitative estimate of drug-likeness (QED) is 0.675. The van der Waals surface area contributed by atoms with Crippen LogP contribution in [0.3, 0.4) is 0 Å². The Morgan fingerprint density at radius 3 is 2.42 bits per heavy atom. The fraction of sp³-hybridized carbons (Fsp3) is 0.588. The van der Waals surface area contributed by atoms with E-state index in [-0.39, 0.29) is 0 Å². The molecule has 2 saturated heterocycles. The molecule has 0 aromatic carbocycles. The minimum atomic E-state index is -0.806. The van der Waals surface area contributed by atoms with E-state index in [2.05, 4.69) is 19.9 Å². The van der Waals surface area contributed by atoms with Crippen LogP contribution in [0.15, 0.2) is 29.9 Å². The van der Waals surface area contributed by atoms with Gasteiger partial charge in [-0.15, -0.1) is 0 Å². The minimum Gasteiger partial charge on any atom is -0.382 e. The van der Waals surface area contributed by atoms with Crippen molar-refractivity contribution in [3.8, 4) is 0 Å². The van der Waals surface area contributed by atoms with E-state index < -0.39 is 5.60 Å². The average molecular weight is 345 g/mol. The fourth-order valence-corrected chi connectivity index (χ4v) is 4.63. The number of fused-ring (bicyclic) bond motifs is 2. The molecule has 7 heteroatoms. The van der Waals surface area contributed by atoms with Crippen LogP contribution in [0, 0.1) is 0 Å². The molecule has 24 heavy (non-hydrogen) atoms. The van der Waals surface area contributed by atoms with E-state index in [4.69, 9.17) is 0 Å². The van der Waals surface area contributed by atoms with Gasteiger partial charge >= 0.3 is 0 Å². The predicted molar refractivity (Wildman–Crippen MR) is 92.5 cm³/mol. The SMILES string of the molecule is CSc1ncc(CN2C3CCC2CC(O)(c2nccn2C)C3)cn1. The number of rotatable bonds is 4. The largest absolute Gasteiger partial charge is 0.382 e. The summed E-state index contributed by atoms with van der Waals surface area (Å²) in [4.78, 5) is 15.7. The van der Waals surface area contributed by atoms with E-state index in [1.165, 1.54) is 0 Å². The molecule has 2 atom stereocenters. The topological polar surface area (TPSA) is 67.1 Å². The molecule has 2 aromatic heterocycles. The number of imidazole rings is 1. The molecule has 6 nitrogen and oxygen atoms in total. The molecule has 4 rings (SSSR count). The van der Waals surface area contributed by atoms with Crippen molar-refractivity contribution < 1.29 is 5.11 Å². The molecule has 0 aliphatic carbocycles. The van der Waals surface area contributed by atoms with Crippen molar-refractivity contribution >= 4 is 11.8 Å². The summed E-state index contributed by atoms with van der Waals surface area (Å²) in [5, 5.41) is 12.0. The van der Waals surface area contributed by atoms with Crippen molar-refractivity contribution in [2.24, 2.45) is 7.05 Å². The number of aryl methyl sites for hydroxylation is 1. The number of aliphatic hydroxyl groups is 1. The monoisotopic (exact) mass is 345 g/mol. The Morgan fingerprint density at radius 1 is 1.21 bits per heavy atom. The van der Waals surface area contributed by atoms with Gasteiger partial charge in [0, 0.05) is 56.0 Å². The van der Waals surface area contributed by atoms with Crippen LogP contribution in [-0.2, 0) is 19.2 Å². The van der Waals surface area contributed by atoms with Gasteiger partial charge in [0.2, 0.25) is 0 Å². The third kappa shape index (κ3) is 2.74. The Morgan fingerprint density at radius 2 is 1.88 bits per heavy atom. The molecule has 0 saturated carbocycles. The molecular formula is C17H23N5OS. The first kappa shape index (κ1) is 16.1. The average Bonchev–Trinajstić information content (AvgIpc) is 3.11. The lowest BCUT2D eigenvalue weighted by Gasteiger charge is -2.43. The zero-order valence-electron chi connectivity index (χ0n) is 14.1. The summed E-state index contributed by atoms with van der Waals surface area (Å²) in [7, 11) is 1.96. The standard InChI is InChI=1S/C17H23N5OS/c1-21-6-5-18-15(21)17(23)7-13-3-4-14(8-17)22(13)11-12-9-19-16(24-2)20-10-12/h5-6,9-10,13-14,23H,3-4,7-8,11H2,1-2H3. The number of piperidine rings is 1. The number of hydrogen-bond donors (Lipinski definition) is 1. The van der Waals surface area contributed by atoms with Crippen molar-refractivity contribution in [2.75, 3.05) is 6.26 Å². The summed E-state index contributed by atoms with van der Waals surface area (Å²) in [6, 6.07) is 0.788. The highest BCUT2D eigenvalue weighted by molar-refractivity contribution is 7.98. The van der Waals surface area contributed by atoms with Gasteiger partial charge in [0.15, 0.2) is 5.16 Å². The maximum atomic E-state index is 11.2. The first-order chi connectivity index (χ1) is 11.6. The van der Waals surface area contributed by atoms with E-state index in [1.54, 1.807) is 18.0 Å². The minimum absolute atomic E-state index is 0.394. The van der Waals surface area contributed by atoms with Crippen LogP contribution in [0.25, 0.3) is 0 Å². The zero-order chi connectivity index (χ0) is 16.7. The van der Waals surface area contributed by atoms with Gasteiger partial charge in [-0.2, -0.15) is 0 Å². The number of hydrogen-bond acceptors (Lipinski definition) is 6. The molecule has 4 heterocycles. The van der Waals surface area contributed by atoms with E-state index >= 15 is 0 Å². The Kier molecular flexibility index (Phi) is 4.10. The second-order valence-corrected chi connectivity index (χ2v) is 7.71. The molecule has 2 aliphatic rings. The lowest BCUT2D eigenvalue weighted by molar-refractivity contribution is -0.0670. The van der Waals surface area contributed by atoms with Crippen molar-refractivity contribution in [1.82, 2.24) is 24.4 Å². The third-order valence-corrected chi connectivity index (χ3v) is 5.96. The van der Waals surface area contributed by atoms with Gasteiger partial charge < -0.3 is 9.67 Å². The lowest BCUT2D eigenvalue weighted by atomic mass is 9.85. The van der Waals surface area contributed by atoms with Crippen molar-refractivity contribution in [3.05, 3.63) is 36.2 Å². The summed E-state index contributed by atoms with van der Waals surface area (Å²) in [5.41, 5.74) is 0.340. The van der Waals surface area contributed by atoms with E-state index in [0.29, 0.717) is 12.1 Å². The first-order valence-electron chi connectivity index (χ1n) is 8.40. The molecule has 2 unspecified atom stereocenters. The summed E-state index contributed by atoms with van der Waals surface area (Å²) in [6.45, 7) is 0.862. The molecule has 2 aromatic rings. The summed E-state index contributed by atoms with van der Waals surface area (Å²) in [5.74, 6) is 0.798. The Balaban J connectivity index is 1.51. The normalized spacial score (nSPS) is 30.0. The van der Waals surface area contributed by atoms with Gasteiger partial charge in [0.05, 0.1) is 0 Å². The second kappa shape index (κ2) is 6.13. The first-order valence-corrected chi connectivity index (χ1v) is 9.62. The van der Waals surface area contributed by atoms with Gasteiger partial charge in [-0.3, -0.25) is 4.90 Å². The Labute approximate surface area is 146 Å². The van der Waals surface area contributed by atoms with Gasteiger partial charge in [0.1, 0.15) is 11.4 Å². The van der Waals surface area contributed by atoms with Crippen LogP contribution in [0.1, 0.15) is 37.1 Å². The second-order valence-electron chi connectivity index (χ2n) is 6.94. The third-order valence-electron chi connectivity index (χ3n) is 5.38. The molecule has 0 spiro atoms. The number of aromatic nitrogens is 4. The summed E-state index contributed by atoms with van der Waals surface area (Å²) < 4.78 is 1.95. The van der Waals surface area contributed by atoms with Crippen LogP contribution in [0.4, 0.5) is 0 Å². The highest BCUT2D eigenvalue weighted by Crippen LogP contribution is 2.45. The number of thioether (sulfide) groups is 1. The maximum Gasteiger partial charge on any atom is 0.187 e. The molecule has 0 radical (unpaired) electrons. The van der Waals surface area contributed by atoms with Gasteiger partial charge in [-0.05, 0) is 31.9 Å². The van der Waals surface area contributed by atoms with Gasteiger partial charge in [0.25, 0.3) is 0 Å². The zero-order valence-corrected chi connectivity index (χ0v) is 14.9. The predicted octanol–water partition coefficient (Wildman–Crippen LogP) is 1.95. The molecule has 1 N–H and O–H groups in total. The summed E-state index contributed by atoms with van der Waals surface area (Å²) in [6.07, 6.45) is 13.3. The maximum absolute atomic E-state index is 11.2. The Bertz CT molecular complexity index is 702. The van der Waals surface area contributed by atoms with Crippen molar-refractivity contribution in [2.45, 2.75) is 55.1 Å². The lowest BCUT2D eigenvalue weighted by Crippen LogP contribution is -2.50. The molecule has 128 valence electrons. The molecular weight excluding hydrogens is 322 g/mol. The Hall–Kier alpha value is -1.44. The van der Waals surface area contributed by atoms with E-state index in [1.807, 2.05) is 36.5 Å². The van der Waals surface area contributed by atoms with Gasteiger partial charge in [-0.1, -0.05) is 11.8 Å². The molecule has 2 fully saturated rings. The molecule has 0 amide bonds. The smallest absolute Gasteiger partial charge is 0.187 e. The van der Waals surface area contributed by atoms with Crippen LogP contribution >= 0.6 is 11.8 Å². The number of nitrogens with zero attached hydrogens (tertiary/aromatic N) is 5.